The SMILES string of the molecule is CC1=C(c2ccco2)CN(C(=O)[C@@H]2CS[C@@]3(C)CCC(=O)N23)CC1. The van der Waals surface area contributed by atoms with Crippen molar-refractivity contribution in [3.05, 3.63) is 29.7 Å². The van der Waals surface area contributed by atoms with Gasteiger partial charge in [-0.3, -0.25) is 9.59 Å². The fourth-order valence-corrected chi connectivity index (χ4v) is 5.42. The van der Waals surface area contributed by atoms with E-state index in [2.05, 4.69) is 13.8 Å². The molecule has 0 aliphatic carbocycles. The molecule has 128 valence electrons. The number of hydrogen-bond donors (Lipinski definition) is 0. The molecule has 0 N–H and O–H groups in total. The van der Waals surface area contributed by atoms with Crippen LogP contribution in [0.15, 0.2) is 28.4 Å². The van der Waals surface area contributed by atoms with Crippen molar-refractivity contribution in [2.75, 3.05) is 18.8 Å². The molecule has 2 saturated heterocycles. The Bertz CT molecular complexity index is 712. The van der Waals surface area contributed by atoms with Crippen molar-refractivity contribution in [3.63, 3.8) is 0 Å². The molecule has 1 aromatic heterocycles. The first-order valence-electron chi connectivity index (χ1n) is 8.47. The van der Waals surface area contributed by atoms with Gasteiger partial charge in [-0.1, -0.05) is 5.57 Å². The first-order valence-corrected chi connectivity index (χ1v) is 9.45. The van der Waals surface area contributed by atoms with Crippen LogP contribution in [0.5, 0.6) is 0 Å². The second-order valence-corrected chi connectivity index (χ2v) is 8.51. The summed E-state index contributed by atoms with van der Waals surface area (Å²) < 4.78 is 5.53. The van der Waals surface area contributed by atoms with E-state index in [-0.39, 0.29) is 22.7 Å². The molecule has 1 aromatic rings. The highest BCUT2D eigenvalue weighted by Crippen LogP contribution is 2.47. The summed E-state index contributed by atoms with van der Waals surface area (Å²) in [7, 11) is 0. The number of fused-ring (bicyclic) bond motifs is 1. The minimum absolute atomic E-state index is 0.0815. The molecule has 2 fully saturated rings. The third kappa shape index (κ3) is 2.39. The van der Waals surface area contributed by atoms with Crippen LogP contribution in [0.4, 0.5) is 0 Å². The molecule has 0 radical (unpaired) electrons. The molecule has 4 rings (SSSR count). The number of thioether (sulfide) groups is 1. The van der Waals surface area contributed by atoms with Crippen molar-refractivity contribution in [2.45, 2.75) is 44.0 Å². The summed E-state index contributed by atoms with van der Waals surface area (Å²) in [6.45, 7) is 5.48. The molecule has 6 heteroatoms. The van der Waals surface area contributed by atoms with E-state index in [1.807, 2.05) is 21.9 Å². The van der Waals surface area contributed by atoms with Gasteiger partial charge in [0.1, 0.15) is 11.8 Å². The van der Waals surface area contributed by atoms with Gasteiger partial charge in [0.2, 0.25) is 11.8 Å². The maximum Gasteiger partial charge on any atom is 0.246 e. The number of rotatable bonds is 2. The van der Waals surface area contributed by atoms with Crippen molar-refractivity contribution >= 4 is 29.1 Å². The third-order valence-electron chi connectivity index (χ3n) is 5.48. The van der Waals surface area contributed by atoms with E-state index < -0.39 is 0 Å². The minimum Gasteiger partial charge on any atom is -0.465 e. The van der Waals surface area contributed by atoms with Crippen LogP contribution in [-0.4, -0.2) is 51.4 Å². The molecule has 0 unspecified atom stereocenters. The fraction of sp³-hybridized carbons (Fsp3) is 0.556. The fourth-order valence-electron chi connectivity index (χ4n) is 4.00. The number of amides is 2. The van der Waals surface area contributed by atoms with Crippen LogP contribution in [0.1, 0.15) is 38.9 Å². The zero-order valence-corrected chi connectivity index (χ0v) is 14.9. The second kappa shape index (κ2) is 5.69. The summed E-state index contributed by atoms with van der Waals surface area (Å²) in [4.78, 5) is 28.9. The highest BCUT2D eigenvalue weighted by Gasteiger charge is 2.53. The van der Waals surface area contributed by atoms with E-state index in [1.54, 1.807) is 18.0 Å². The van der Waals surface area contributed by atoms with Crippen LogP contribution in [0.25, 0.3) is 5.57 Å². The summed E-state index contributed by atoms with van der Waals surface area (Å²) in [6.07, 6.45) is 3.92. The number of nitrogens with zero attached hydrogens (tertiary/aromatic N) is 2. The number of hydrogen-bond acceptors (Lipinski definition) is 4. The maximum absolute atomic E-state index is 13.1. The lowest BCUT2D eigenvalue weighted by Gasteiger charge is -2.35. The van der Waals surface area contributed by atoms with Gasteiger partial charge < -0.3 is 14.2 Å². The Hall–Kier alpha value is -1.69. The molecular weight excluding hydrogens is 324 g/mol. The van der Waals surface area contributed by atoms with Crippen LogP contribution in [-0.2, 0) is 9.59 Å². The van der Waals surface area contributed by atoms with Gasteiger partial charge in [-0.15, -0.1) is 11.8 Å². The average Bonchev–Trinajstić information content (AvgIpc) is 3.26. The van der Waals surface area contributed by atoms with Gasteiger partial charge in [-0.05, 0) is 38.8 Å². The van der Waals surface area contributed by atoms with Crippen molar-refractivity contribution in [1.82, 2.24) is 9.80 Å². The highest BCUT2D eigenvalue weighted by atomic mass is 32.2. The molecule has 2 atom stereocenters. The van der Waals surface area contributed by atoms with Crippen molar-refractivity contribution in [2.24, 2.45) is 0 Å². The molecule has 2 amide bonds. The predicted molar refractivity (Wildman–Crippen MR) is 93.2 cm³/mol. The topological polar surface area (TPSA) is 53.8 Å². The number of carbonyl (C=O) groups excluding carboxylic acids is 2. The first kappa shape index (κ1) is 15.8. The molecule has 3 aliphatic rings. The Morgan fingerprint density at radius 2 is 2.25 bits per heavy atom. The predicted octanol–water partition coefficient (Wildman–Crippen LogP) is 2.74. The summed E-state index contributed by atoms with van der Waals surface area (Å²) >= 11 is 1.75. The maximum atomic E-state index is 13.1. The summed E-state index contributed by atoms with van der Waals surface area (Å²) in [5.74, 6) is 1.75. The molecule has 4 heterocycles. The minimum atomic E-state index is -0.314. The van der Waals surface area contributed by atoms with Crippen molar-refractivity contribution < 1.29 is 14.0 Å². The monoisotopic (exact) mass is 346 g/mol. The van der Waals surface area contributed by atoms with Crippen molar-refractivity contribution in [3.8, 4) is 0 Å². The van der Waals surface area contributed by atoms with Crippen LogP contribution in [0.3, 0.4) is 0 Å². The molecule has 0 bridgehead atoms. The smallest absolute Gasteiger partial charge is 0.246 e. The second-order valence-electron chi connectivity index (χ2n) is 7.01. The molecule has 0 spiro atoms. The molecule has 0 saturated carbocycles. The van der Waals surface area contributed by atoms with Gasteiger partial charge in [0.05, 0.1) is 11.1 Å². The molecule has 24 heavy (non-hydrogen) atoms. The van der Waals surface area contributed by atoms with Gasteiger partial charge in [-0.25, -0.2) is 0 Å². The normalized spacial score (nSPS) is 30.2. The van der Waals surface area contributed by atoms with E-state index >= 15 is 0 Å². The summed E-state index contributed by atoms with van der Waals surface area (Å²) in [5.41, 5.74) is 2.37. The van der Waals surface area contributed by atoms with E-state index in [0.29, 0.717) is 18.7 Å². The van der Waals surface area contributed by atoms with E-state index in [1.165, 1.54) is 5.57 Å². The molecular formula is C18H22N2O3S. The number of furan rings is 1. The highest BCUT2D eigenvalue weighted by molar-refractivity contribution is 8.01. The Labute approximate surface area is 146 Å². The van der Waals surface area contributed by atoms with Crippen molar-refractivity contribution in [1.29, 1.82) is 0 Å². The van der Waals surface area contributed by atoms with E-state index in [9.17, 15) is 9.59 Å². The third-order valence-corrected chi connectivity index (χ3v) is 6.99. The molecule has 5 nitrogen and oxygen atoms in total. The van der Waals surface area contributed by atoms with Crippen LogP contribution in [0, 0.1) is 0 Å². The zero-order valence-electron chi connectivity index (χ0n) is 14.1. The Morgan fingerprint density at radius 1 is 1.42 bits per heavy atom. The quantitative estimate of drug-likeness (QED) is 0.826. The Morgan fingerprint density at radius 3 is 3.00 bits per heavy atom. The summed E-state index contributed by atoms with van der Waals surface area (Å²) in [5, 5.41) is 0. The molecule has 0 aromatic carbocycles. The largest absolute Gasteiger partial charge is 0.465 e. The van der Waals surface area contributed by atoms with Gasteiger partial charge in [0.15, 0.2) is 0 Å². The van der Waals surface area contributed by atoms with Crippen LogP contribution >= 0.6 is 11.8 Å². The lowest BCUT2D eigenvalue weighted by atomic mass is 9.99. The Balaban J connectivity index is 1.55. The zero-order chi connectivity index (χ0) is 16.9. The first-order chi connectivity index (χ1) is 11.5. The van der Waals surface area contributed by atoms with Crippen LogP contribution < -0.4 is 0 Å². The van der Waals surface area contributed by atoms with Gasteiger partial charge >= 0.3 is 0 Å². The lowest BCUT2D eigenvalue weighted by Crippen LogP contribution is -2.52. The Kier molecular flexibility index (Phi) is 3.75. The van der Waals surface area contributed by atoms with Crippen LogP contribution in [0.2, 0.25) is 0 Å². The van der Waals surface area contributed by atoms with Gasteiger partial charge in [0.25, 0.3) is 0 Å². The number of carbonyl (C=O) groups is 2. The summed E-state index contributed by atoms with van der Waals surface area (Å²) in [6, 6.07) is 3.50. The van der Waals surface area contributed by atoms with Gasteiger partial charge in [0, 0.05) is 30.8 Å². The molecule has 3 aliphatic heterocycles. The van der Waals surface area contributed by atoms with E-state index in [0.717, 1.165) is 30.7 Å². The van der Waals surface area contributed by atoms with Gasteiger partial charge in [-0.2, -0.15) is 0 Å². The lowest BCUT2D eigenvalue weighted by molar-refractivity contribution is -0.143. The average molecular weight is 346 g/mol. The van der Waals surface area contributed by atoms with E-state index in [4.69, 9.17) is 4.42 Å². The standard InChI is InChI=1S/C18H22N2O3S/c1-12-6-8-19(10-13(12)15-4-3-9-23-15)17(22)14-11-24-18(2)7-5-16(21)20(14)18/h3-4,9,14H,5-8,10-11H2,1-2H3/t14-,18-/m0/s1.